The van der Waals surface area contributed by atoms with E-state index in [4.69, 9.17) is 0 Å². The fourth-order valence-electron chi connectivity index (χ4n) is 26.1. The third kappa shape index (κ3) is 15.3. The number of para-hydroxylation sites is 2. The number of rotatable bonds is 20. The summed E-state index contributed by atoms with van der Waals surface area (Å²) < 4.78 is 0. The first kappa shape index (κ1) is 92.9. The van der Waals surface area contributed by atoms with Gasteiger partial charge >= 0.3 is 0 Å². The summed E-state index contributed by atoms with van der Waals surface area (Å²) in [6.45, 7) is 33.7. The Morgan fingerprint density at radius 1 is 0.274 bits per heavy atom. The maximum Gasteiger partial charge on any atom is 0.0714 e. The lowest BCUT2D eigenvalue weighted by atomic mass is 9.66. The fourth-order valence-corrected chi connectivity index (χ4v) is 26.1. The zero-order valence-corrected chi connectivity index (χ0v) is 86.8. The Kier molecular flexibility index (Phi) is 22.8. The predicted octanol–water partition coefficient (Wildman–Crippen LogP) is 38.1. The van der Waals surface area contributed by atoms with Crippen molar-refractivity contribution in [2.75, 3.05) is 9.80 Å². The molecule has 0 radical (unpaired) electrons. The molecule has 6 aliphatic rings. The first-order valence-corrected chi connectivity index (χ1v) is 53.0. The van der Waals surface area contributed by atoms with Crippen LogP contribution in [0.15, 0.2) is 461 Å². The molecule has 3 atom stereocenters. The van der Waals surface area contributed by atoms with Gasteiger partial charge in [-0.3, -0.25) is 0 Å². The molecule has 24 rings (SSSR count). The molecule has 0 spiro atoms. The molecule has 2 heteroatoms. The molecular formula is C144H128N2. The molecule has 0 N–H and O–H groups in total. The van der Waals surface area contributed by atoms with Crippen LogP contribution in [0.4, 0.5) is 28.4 Å². The molecule has 0 heterocycles. The molecule has 0 saturated carbocycles. The largest absolute Gasteiger partial charge is 0.334 e. The van der Waals surface area contributed by atoms with Crippen molar-refractivity contribution < 1.29 is 0 Å². The Labute approximate surface area is 865 Å². The third-order valence-corrected chi connectivity index (χ3v) is 33.9. The predicted molar refractivity (Wildman–Crippen MR) is 618 cm³/mol. The monoisotopic (exact) mass is 1890 g/mol. The summed E-state index contributed by atoms with van der Waals surface area (Å²) >= 11 is 0. The number of hydrogen-bond donors (Lipinski definition) is 0. The van der Waals surface area contributed by atoms with E-state index >= 15 is 0 Å². The molecule has 146 heavy (non-hydrogen) atoms. The molecule has 18 aromatic rings. The van der Waals surface area contributed by atoms with Crippen molar-refractivity contribution in [3.63, 3.8) is 0 Å². The molecule has 0 saturated heterocycles. The van der Waals surface area contributed by atoms with Gasteiger partial charge in [0.25, 0.3) is 0 Å². The van der Waals surface area contributed by atoms with Gasteiger partial charge in [-0.15, -0.1) is 0 Å². The van der Waals surface area contributed by atoms with Crippen LogP contribution in [0.2, 0.25) is 0 Å². The molecule has 0 aromatic heterocycles. The van der Waals surface area contributed by atoms with E-state index in [1.165, 1.54) is 195 Å². The van der Waals surface area contributed by atoms with E-state index in [-0.39, 0.29) is 33.1 Å². The first-order valence-electron chi connectivity index (χ1n) is 53.0. The highest BCUT2D eigenvalue weighted by molar-refractivity contribution is 6.02. The van der Waals surface area contributed by atoms with Gasteiger partial charge in [-0.25, -0.2) is 0 Å². The van der Waals surface area contributed by atoms with E-state index in [1.54, 1.807) is 0 Å². The minimum Gasteiger partial charge on any atom is -0.334 e. The zero-order chi connectivity index (χ0) is 100.0. The summed E-state index contributed by atoms with van der Waals surface area (Å²) in [6.07, 6.45) is 16.8. The summed E-state index contributed by atoms with van der Waals surface area (Å²) in [5.41, 5.74) is 48.8. The molecule has 2 nitrogen and oxygen atoms in total. The average molecular weight is 1890 g/mol. The summed E-state index contributed by atoms with van der Waals surface area (Å²) in [4.78, 5) is 5.36. The Morgan fingerprint density at radius 2 is 0.664 bits per heavy atom. The van der Waals surface area contributed by atoms with Crippen LogP contribution in [0, 0.1) is 0 Å². The summed E-state index contributed by atoms with van der Waals surface area (Å²) in [6, 6.07) is 165. The Morgan fingerprint density at radius 3 is 1.19 bits per heavy atom. The maximum atomic E-state index is 2.73. The normalized spacial score (nSPS) is 17.0. The van der Waals surface area contributed by atoms with E-state index in [2.05, 4.69) is 562 Å². The van der Waals surface area contributed by atoms with E-state index in [0.29, 0.717) is 0 Å². The number of hydrogen-bond acceptors (Lipinski definition) is 2. The average Bonchev–Trinajstić information content (AvgIpc) is 1.53. The SMILES string of the molecule is CC(C)(C)c1ccc(C2(c3ccc(C(C)(C)CCC4(C)c5ccccc5-c5ccc(N(c6ccc7c(c6)C(c6cccc(C(C)(C)C)c6)(c6cccc(C(C)(C)C)c6)c6ccccc6-7)c6ccccc6-c6ccccc6-c6ccccc6C6=CCCC=C6)cc54)cc3)c3ccccc3-c3ccc(N(c4ccccc4-c4ccccc4-c4ccccc4-c4ccccc4)C4C=CC5=C(C4)C(C)(C)c4ccccc45)cc32)cc1. The van der Waals surface area contributed by atoms with Crippen LogP contribution < -0.4 is 9.80 Å². The van der Waals surface area contributed by atoms with E-state index in [9.17, 15) is 0 Å². The highest BCUT2D eigenvalue weighted by atomic mass is 15.2. The second kappa shape index (κ2) is 35.8. The Bertz CT molecular complexity index is 8280. The van der Waals surface area contributed by atoms with Crippen molar-refractivity contribution in [3.8, 4) is 89.0 Å². The van der Waals surface area contributed by atoms with Crippen molar-refractivity contribution in [1.82, 2.24) is 0 Å². The fraction of sp³-hybridized carbons (Fsp3) is 0.194. The van der Waals surface area contributed by atoms with Gasteiger partial charge in [-0.05, 0) is 291 Å². The highest BCUT2D eigenvalue weighted by Crippen LogP contribution is 2.64. The standard InChI is InChI=1S/C144H128N2/c1-137(2,3)97-71-75-99(76-72-97)143(129-67-37-31-61-119(129)123-85-81-107(93-133(123)143)145(105-79-83-121-117-59-29-35-65-127(117)141(12,13)131(121)91-105)135-69-39-33-63-125(135)115-57-27-25-55-113(115)111-53-23-21-51-109(111)95-43-17-15-18-44-95)100-77-73-98(74-78-100)140(10,11)87-88-142(14)128-66-36-30-60-118(128)122-84-80-106(92-132(122)142)146(136-70-40-34-64-126(136)116-58-28-26-56-114(116)112-54-24-22-52-110(112)96-45-19-16-20-46-96)108-82-86-124-120-62-32-38-68-130(120)144(134(124)94-108,103-49-41-47-101(89-103)138(4,5)6)104-50-42-48-102(90-104)139(7,8)9/h15,17-19,21-86,89-90,92-94,105H,16,20,87-88,91H2,1-14H3. The molecule has 6 aliphatic carbocycles. The van der Waals surface area contributed by atoms with Crippen LogP contribution in [-0.4, -0.2) is 6.04 Å². The van der Waals surface area contributed by atoms with Gasteiger partial charge in [0, 0.05) is 44.7 Å². The second-order valence-corrected chi connectivity index (χ2v) is 46.2. The second-order valence-electron chi connectivity index (χ2n) is 46.2. The molecule has 3 unspecified atom stereocenters. The van der Waals surface area contributed by atoms with Crippen LogP contribution in [0.1, 0.15) is 224 Å². The smallest absolute Gasteiger partial charge is 0.0714 e. The van der Waals surface area contributed by atoms with Crippen molar-refractivity contribution in [2.45, 2.75) is 178 Å². The number of benzene rings is 18. The third-order valence-electron chi connectivity index (χ3n) is 33.9. The lowest BCUT2D eigenvalue weighted by Gasteiger charge is -2.39. The first-order chi connectivity index (χ1) is 70.7. The van der Waals surface area contributed by atoms with Crippen molar-refractivity contribution in [1.29, 1.82) is 0 Å². The quantitative estimate of drug-likeness (QED) is 0.0750. The van der Waals surface area contributed by atoms with Gasteiger partial charge in [-0.2, -0.15) is 0 Å². The maximum absolute atomic E-state index is 2.73. The molecular weight excluding hydrogens is 1760 g/mol. The zero-order valence-electron chi connectivity index (χ0n) is 86.8. The van der Waals surface area contributed by atoms with Crippen molar-refractivity contribution in [2.24, 2.45) is 0 Å². The van der Waals surface area contributed by atoms with Gasteiger partial charge in [0.15, 0.2) is 0 Å². The van der Waals surface area contributed by atoms with E-state index < -0.39 is 16.2 Å². The molecule has 0 amide bonds. The van der Waals surface area contributed by atoms with Crippen molar-refractivity contribution in [3.05, 3.63) is 555 Å². The number of anilines is 5. The molecule has 0 bridgehead atoms. The van der Waals surface area contributed by atoms with E-state index in [0.717, 1.165) is 66.1 Å². The topological polar surface area (TPSA) is 6.48 Å². The molecule has 0 aliphatic heterocycles. The van der Waals surface area contributed by atoms with Crippen LogP contribution in [-0.2, 0) is 43.3 Å². The molecule has 714 valence electrons. The minimum absolute atomic E-state index is 0.0587. The lowest BCUT2D eigenvalue weighted by Crippen LogP contribution is -2.34. The summed E-state index contributed by atoms with van der Waals surface area (Å²) in [7, 11) is 0. The van der Waals surface area contributed by atoms with Crippen LogP contribution in [0.3, 0.4) is 0 Å². The van der Waals surface area contributed by atoms with Gasteiger partial charge < -0.3 is 9.80 Å². The summed E-state index contributed by atoms with van der Waals surface area (Å²) in [5.74, 6) is 0. The van der Waals surface area contributed by atoms with E-state index in [1.807, 2.05) is 0 Å². The number of allylic oxidation sites excluding steroid dienone is 6. The Balaban J connectivity index is 0.646. The minimum atomic E-state index is -0.743. The summed E-state index contributed by atoms with van der Waals surface area (Å²) in [5, 5.41) is 0. The van der Waals surface area contributed by atoms with Gasteiger partial charge in [0.05, 0.1) is 22.6 Å². The highest BCUT2D eigenvalue weighted by Gasteiger charge is 2.51. The lowest BCUT2D eigenvalue weighted by molar-refractivity contribution is 0.397. The molecule has 0 fully saturated rings. The van der Waals surface area contributed by atoms with Crippen LogP contribution in [0.25, 0.3) is 100 Å². The van der Waals surface area contributed by atoms with Crippen LogP contribution >= 0.6 is 0 Å². The van der Waals surface area contributed by atoms with Gasteiger partial charge in [0.2, 0.25) is 0 Å². The van der Waals surface area contributed by atoms with Crippen LogP contribution in [0.5, 0.6) is 0 Å². The Hall–Kier alpha value is -15.5. The molecule has 18 aromatic carbocycles. The van der Waals surface area contributed by atoms with Gasteiger partial charge in [0.1, 0.15) is 0 Å². The number of nitrogens with zero attached hydrogens (tertiary/aromatic N) is 2. The van der Waals surface area contributed by atoms with Crippen molar-refractivity contribution >= 4 is 39.6 Å². The number of fused-ring (bicyclic) bond motifs is 11. The van der Waals surface area contributed by atoms with Gasteiger partial charge in [-0.1, -0.05) is 503 Å².